The van der Waals surface area contributed by atoms with Crippen LogP contribution < -0.4 is 5.32 Å². The molecule has 21 heavy (non-hydrogen) atoms. The van der Waals surface area contributed by atoms with Crippen LogP contribution in [0, 0.1) is 13.8 Å². The largest absolute Gasteiger partial charge is 0.480 e. The van der Waals surface area contributed by atoms with Gasteiger partial charge in [-0.05, 0) is 68.8 Å². The van der Waals surface area contributed by atoms with Crippen LogP contribution in [0.5, 0.6) is 0 Å². The van der Waals surface area contributed by atoms with Gasteiger partial charge in [-0.2, -0.15) is 5.10 Å². The summed E-state index contributed by atoms with van der Waals surface area (Å²) in [4.78, 5) is 11.5. The number of aromatic nitrogens is 2. The van der Waals surface area contributed by atoms with Crippen LogP contribution in [-0.2, 0) is 11.3 Å². The van der Waals surface area contributed by atoms with Gasteiger partial charge in [-0.3, -0.25) is 14.8 Å². The van der Waals surface area contributed by atoms with E-state index in [2.05, 4.69) is 26.3 Å². The van der Waals surface area contributed by atoms with Crippen molar-refractivity contribution in [2.45, 2.75) is 71.0 Å². The fraction of sp³-hybridized carbons (Fsp3) is 0.733. The van der Waals surface area contributed by atoms with Crippen molar-refractivity contribution in [3.8, 4) is 0 Å². The Bertz CT molecular complexity index is 525. The highest BCUT2D eigenvalue weighted by Gasteiger charge is 2.37. The Morgan fingerprint density at radius 1 is 1.48 bits per heavy atom. The Labute approximate surface area is 134 Å². The average Bonchev–Trinajstić information content (AvgIpc) is 3.19. The summed E-state index contributed by atoms with van der Waals surface area (Å²) in [5, 5.41) is 17.2. The van der Waals surface area contributed by atoms with E-state index in [-0.39, 0.29) is 0 Å². The average molecular weight is 358 g/mol. The van der Waals surface area contributed by atoms with Crippen LogP contribution in [0.2, 0.25) is 0 Å². The molecule has 0 amide bonds. The number of nitrogens with zero attached hydrogens (tertiary/aromatic N) is 2. The van der Waals surface area contributed by atoms with Gasteiger partial charge in [-0.15, -0.1) is 0 Å². The molecule has 1 atom stereocenters. The molecule has 0 aromatic carbocycles. The van der Waals surface area contributed by atoms with Gasteiger partial charge in [0.05, 0.1) is 10.2 Å². The lowest BCUT2D eigenvalue weighted by Gasteiger charge is -2.26. The Kier molecular flexibility index (Phi) is 5.09. The Morgan fingerprint density at radius 2 is 2.14 bits per heavy atom. The van der Waals surface area contributed by atoms with Gasteiger partial charge in [0, 0.05) is 18.3 Å². The second kappa shape index (κ2) is 6.48. The fourth-order valence-corrected chi connectivity index (χ4v) is 2.84. The summed E-state index contributed by atoms with van der Waals surface area (Å²) in [5.74, 6) is -0.747. The fourth-order valence-electron chi connectivity index (χ4n) is 2.55. The highest BCUT2D eigenvalue weighted by Crippen LogP contribution is 2.26. The van der Waals surface area contributed by atoms with E-state index in [1.807, 2.05) is 18.5 Å². The van der Waals surface area contributed by atoms with Crippen molar-refractivity contribution in [3.05, 3.63) is 15.9 Å². The van der Waals surface area contributed by atoms with Crippen LogP contribution in [0.1, 0.15) is 50.4 Å². The molecule has 1 aliphatic rings. The zero-order valence-corrected chi connectivity index (χ0v) is 14.5. The molecule has 1 fully saturated rings. The van der Waals surface area contributed by atoms with E-state index in [0.29, 0.717) is 12.5 Å². The lowest BCUT2D eigenvalue weighted by atomic mass is 9.94. The number of aryl methyl sites for hydroxylation is 2. The molecular weight excluding hydrogens is 334 g/mol. The van der Waals surface area contributed by atoms with Crippen LogP contribution in [0.3, 0.4) is 0 Å². The zero-order valence-electron chi connectivity index (χ0n) is 12.9. The molecule has 1 saturated carbocycles. The Balaban J connectivity index is 1.82. The first-order valence-electron chi connectivity index (χ1n) is 7.54. The number of hydrogen-bond donors (Lipinski definition) is 2. The first-order chi connectivity index (χ1) is 9.83. The molecule has 0 saturated heterocycles. The summed E-state index contributed by atoms with van der Waals surface area (Å²) in [6.45, 7) is 6.65. The van der Waals surface area contributed by atoms with Gasteiger partial charge in [0.2, 0.25) is 0 Å². The number of unbranched alkanes of at least 4 members (excludes halogenated alkanes) is 1. The number of carbonyl (C=O) groups is 1. The lowest BCUT2D eigenvalue weighted by molar-refractivity contribution is -0.144. The SMILES string of the molecule is Cc1nn(CCCCC(C)(NC2CC2)C(=O)O)c(C)c1Br. The predicted octanol–water partition coefficient (Wildman–Crippen LogP) is 3.03. The number of carboxylic acid groups (broad SMARTS) is 1. The van der Waals surface area contributed by atoms with Gasteiger partial charge in [-0.25, -0.2) is 0 Å². The van der Waals surface area contributed by atoms with E-state index < -0.39 is 11.5 Å². The number of aliphatic carboxylic acids is 1. The topological polar surface area (TPSA) is 67.2 Å². The highest BCUT2D eigenvalue weighted by molar-refractivity contribution is 9.10. The molecule has 1 aromatic heterocycles. The van der Waals surface area contributed by atoms with Crippen molar-refractivity contribution >= 4 is 21.9 Å². The molecule has 0 bridgehead atoms. The smallest absolute Gasteiger partial charge is 0.323 e. The van der Waals surface area contributed by atoms with E-state index in [0.717, 1.165) is 48.1 Å². The molecule has 0 spiro atoms. The van der Waals surface area contributed by atoms with Crippen molar-refractivity contribution in [1.29, 1.82) is 0 Å². The van der Waals surface area contributed by atoms with Crippen molar-refractivity contribution in [3.63, 3.8) is 0 Å². The summed E-state index contributed by atoms with van der Waals surface area (Å²) in [6.07, 6.45) is 4.66. The van der Waals surface area contributed by atoms with Gasteiger partial charge < -0.3 is 5.11 Å². The Morgan fingerprint density at radius 3 is 2.62 bits per heavy atom. The minimum atomic E-state index is -0.795. The lowest BCUT2D eigenvalue weighted by Crippen LogP contribution is -2.50. The first kappa shape index (κ1) is 16.5. The first-order valence-corrected chi connectivity index (χ1v) is 8.33. The molecule has 2 N–H and O–H groups in total. The van der Waals surface area contributed by atoms with E-state index in [1.54, 1.807) is 6.92 Å². The van der Waals surface area contributed by atoms with Crippen molar-refractivity contribution in [2.24, 2.45) is 0 Å². The minimum Gasteiger partial charge on any atom is -0.480 e. The normalized spacial score (nSPS) is 17.7. The molecule has 1 heterocycles. The van der Waals surface area contributed by atoms with Crippen LogP contribution in [0.25, 0.3) is 0 Å². The summed E-state index contributed by atoms with van der Waals surface area (Å²) in [5.41, 5.74) is 1.33. The third-order valence-electron chi connectivity index (χ3n) is 4.16. The van der Waals surface area contributed by atoms with E-state index in [4.69, 9.17) is 0 Å². The van der Waals surface area contributed by atoms with Gasteiger partial charge in [0.15, 0.2) is 0 Å². The van der Waals surface area contributed by atoms with Gasteiger partial charge >= 0.3 is 5.97 Å². The van der Waals surface area contributed by atoms with E-state index in [1.165, 1.54) is 0 Å². The second-order valence-corrected chi connectivity index (χ2v) is 7.01. The predicted molar refractivity (Wildman–Crippen MR) is 85.5 cm³/mol. The summed E-state index contributed by atoms with van der Waals surface area (Å²) >= 11 is 3.52. The molecule has 1 unspecified atom stereocenters. The maximum Gasteiger partial charge on any atom is 0.323 e. The van der Waals surface area contributed by atoms with Crippen LogP contribution in [0.15, 0.2) is 4.47 Å². The quantitative estimate of drug-likeness (QED) is 0.701. The van der Waals surface area contributed by atoms with Crippen LogP contribution in [-0.4, -0.2) is 32.4 Å². The minimum absolute atomic E-state index is 0.401. The molecular formula is C15H24BrN3O2. The molecule has 2 rings (SSSR count). The number of halogens is 1. The molecule has 6 heteroatoms. The molecule has 118 valence electrons. The molecule has 1 aliphatic carbocycles. The summed E-state index contributed by atoms with van der Waals surface area (Å²) in [7, 11) is 0. The van der Waals surface area contributed by atoms with Crippen LogP contribution in [0.4, 0.5) is 0 Å². The maximum absolute atomic E-state index is 11.5. The monoisotopic (exact) mass is 357 g/mol. The van der Waals surface area contributed by atoms with Crippen molar-refractivity contribution < 1.29 is 9.90 Å². The zero-order chi connectivity index (χ0) is 15.6. The van der Waals surface area contributed by atoms with Crippen molar-refractivity contribution in [1.82, 2.24) is 15.1 Å². The summed E-state index contributed by atoms with van der Waals surface area (Å²) < 4.78 is 3.06. The van der Waals surface area contributed by atoms with Crippen molar-refractivity contribution in [2.75, 3.05) is 0 Å². The summed E-state index contributed by atoms with van der Waals surface area (Å²) in [6, 6.07) is 0.401. The second-order valence-electron chi connectivity index (χ2n) is 6.22. The molecule has 0 aliphatic heterocycles. The third-order valence-corrected chi connectivity index (χ3v) is 5.31. The van der Waals surface area contributed by atoms with Gasteiger partial charge in [0.1, 0.15) is 5.54 Å². The highest BCUT2D eigenvalue weighted by atomic mass is 79.9. The van der Waals surface area contributed by atoms with Crippen LogP contribution >= 0.6 is 15.9 Å². The molecule has 0 radical (unpaired) electrons. The molecule has 1 aromatic rings. The number of carboxylic acids is 1. The third kappa shape index (κ3) is 4.07. The molecule has 5 nitrogen and oxygen atoms in total. The Hall–Kier alpha value is -0.880. The number of nitrogens with one attached hydrogen (secondary N) is 1. The van der Waals surface area contributed by atoms with Gasteiger partial charge in [0.25, 0.3) is 0 Å². The van der Waals surface area contributed by atoms with Gasteiger partial charge in [-0.1, -0.05) is 0 Å². The maximum atomic E-state index is 11.5. The number of rotatable bonds is 8. The number of hydrogen-bond acceptors (Lipinski definition) is 3. The van der Waals surface area contributed by atoms with E-state index in [9.17, 15) is 9.90 Å². The standard InChI is InChI=1S/C15H24BrN3O2/c1-10-13(16)11(2)19(18-10)9-5-4-8-15(3,14(20)21)17-12-6-7-12/h12,17H,4-9H2,1-3H3,(H,20,21). The van der Waals surface area contributed by atoms with E-state index >= 15 is 0 Å².